The third-order valence-corrected chi connectivity index (χ3v) is 4.85. The average molecular weight is 425 g/mol. The molecular formula is C14H10Br2Cl2O. The van der Waals surface area contributed by atoms with Crippen LogP contribution in [0.25, 0.3) is 0 Å². The molecule has 0 saturated heterocycles. The Bertz CT molecular complexity index is 602. The molecule has 0 saturated carbocycles. The van der Waals surface area contributed by atoms with Gasteiger partial charge in [-0.15, -0.1) is 0 Å². The Morgan fingerprint density at radius 3 is 2.42 bits per heavy atom. The highest BCUT2D eigenvalue weighted by Crippen LogP contribution is 2.39. The van der Waals surface area contributed by atoms with Gasteiger partial charge in [-0.3, -0.25) is 0 Å². The Balaban J connectivity index is 2.41. The first kappa shape index (κ1) is 15.2. The minimum atomic E-state index is -0.0269. The topological polar surface area (TPSA) is 9.23 Å². The third-order valence-electron chi connectivity index (χ3n) is 2.70. The van der Waals surface area contributed by atoms with Crippen molar-refractivity contribution in [2.75, 3.05) is 7.11 Å². The molecule has 0 aliphatic rings. The molecule has 0 aliphatic heterocycles. The maximum atomic E-state index is 6.23. The van der Waals surface area contributed by atoms with Crippen molar-refractivity contribution in [3.8, 4) is 5.75 Å². The quantitative estimate of drug-likeness (QED) is 0.529. The lowest BCUT2D eigenvalue weighted by Gasteiger charge is -2.14. The van der Waals surface area contributed by atoms with E-state index in [-0.39, 0.29) is 4.83 Å². The second kappa shape index (κ2) is 6.49. The summed E-state index contributed by atoms with van der Waals surface area (Å²) in [5.74, 6) is 0.658. The summed E-state index contributed by atoms with van der Waals surface area (Å²) in [6, 6.07) is 11.4. The van der Waals surface area contributed by atoms with Gasteiger partial charge < -0.3 is 4.74 Å². The van der Waals surface area contributed by atoms with Crippen molar-refractivity contribution in [1.82, 2.24) is 0 Å². The van der Waals surface area contributed by atoms with Crippen molar-refractivity contribution < 1.29 is 4.74 Å². The normalized spacial score (nSPS) is 12.3. The predicted molar refractivity (Wildman–Crippen MR) is 87.9 cm³/mol. The van der Waals surface area contributed by atoms with Crippen LogP contribution in [-0.2, 0) is 0 Å². The van der Waals surface area contributed by atoms with Gasteiger partial charge in [-0.05, 0) is 41.5 Å². The molecule has 0 aromatic heterocycles. The summed E-state index contributed by atoms with van der Waals surface area (Å²) < 4.78 is 6.13. The molecule has 0 amide bonds. The van der Waals surface area contributed by atoms with E-state index in [1.807, 2.05) is 36.4 Å². The minimum absolute atomic E-state index is 0.0269. The molecule has 100 valence electrons. The van der Waals surface area contributed by atoms with Crippen molar-refractivity contribution >= 4 is 55.1 Å². The minimum Gasteiger partial charge on any atom is -0.495 e. The SMILES string of the molecule is COc1ccc(C(Br)c2cc(Br)ccc2Cl)cc1Cl. The van der Waals surface area contributed by atoms with E-state index in [1.165, 1.54) is 0 Å². The maximum Gasteiger partial charge on any atom is 0.137 e. The van der Waals surface area contributed by atoms with Crippen molar-refractivity contribution in [1.29, 1.82) is 0 Å². The fourth-order valence-corrected chi connectivity index (χ4v) is 3.40. The van der Waals surface area contributed by atoms with Gasteiger partial charge in [0.25, 0.3) is 0 Å². The molecule has 1 unspecified atom stereocenters. The third kappa shape index (κ3) is 3.46. The van der Waals surface area contributed by atoms with Gasteiger partial charge in [-0.25, -0.2) is 0 Å². The van der Waals surface area contributed by atoms with Gasteiger partial charge in [0.1, 0.15) is 5.75 Å². The van der Waals surface area contributed by atoms with Crippen LogP contribution in [0.3, 0.4) is 0 Å². The number of benzene rings is 2. The molecule has 0 fully saturated rings. The van der Waals surface area contributed by atoms with Crippen molar-refractivity contribution in [3.05, 3.63) is 62.0 Å². The number of ether oxygens (including phenoxy) is 1. The predicted octanol–water partition coefficient (Wildman–Crippen LogP) is 6.25. The number of halogens is 4. The first-order valence-corrected chi connectivity index (χ1v) is 7.92. The van der Waals surface area contributed by atoms with Gasteiger partial charge in [-0.1, -0.05) is 61.1 Å². The molecule has 0 aliphatic carbocycles. The summed E-state index contributed by atoms with van der Waals surface area (Å²) in [5.41, 5.74) is 2.00. The highest BCUT2D eigenvalue weighted by Gasteiger charge is 2.15. The van der Waals surface area contributed by atoms with E-state index < -0.39 is 0 Å². The molecule has 0 bridgehead atoms. The van der Waals surface area contributed by atoms with E-state index in [1.54, 1.807) is 7.11 Å². The van der Waals surface area contributed by atoms with Crippen molar-refractivity contribution in [2.24, 2.45) is 0 Å². The number of methoxy groups -OCH3 is 1. The molecule has 0 spiro atoms. The molecule has 5 heteroatoms. The van der Waals surface area contributed by atoms with Crippen LogP contribution < -0.4 is 4.74 Å². The van der Waals surface area contributed by atoms with Gasteiger partial charge in [0.2, 0.25) is 0 Å². The summed E-state index contributed by atoms with van der Waals surface area (Å²) in [6.45, 7) is 0. The van der Waals surface area contributed by atoms with E-state index in [0.29, 0.717) is 15.8 Å². The summed E-state index contributed by atoms with van der Waals surface area (Å²) in [5, 5.41) is 1.28. The molecular weight excluding hydrogens is 415 g/mol. The number of hydrogen-bond donors (Lipinski definition) is 0. The summed E-state index contributed by atoms with van der Waals surface area (Å²) in [6.07, 6.45) is 0. The lowest BCUT2D eigenvalue weighted by Crippen LogP contribution is -1.95. The van der Waals surface area contributed by atoms with E-state index in [9.17, 15) is 0 Å². The average Bonchev–Trinajstić information content (AvgIpc) is 2.40. The highest BCUT2D eigenvalue weighted by atomic mass is 79.9. The number of alkyl halides is 1. The van der Waals surface area contributed by atoms with Crippen LogP contribution in [0.15, 0.2) is 40.9 Å². The standard InChI is InChI=1S/C14H10Br2Cl2O/c1-19-13-5-2-8(6-12(13)18)14(16)10-7-9(15)3-4-11(10)17/h2-7,14H,1H3. The van der Waals surface area contributed by atoms with E-state index in [2.05, 4.69) is 31.9 Å². The molecule has 19 heavy (non-hydrogen) atoms. The Kier molecular flexibility index (Phi) is 5.18. The Morgan fingerprint density at radius 1 is 1.05 bits per heavy atom. The van der Waals surface area contributed by atoms with E-state index in [0.717, 1.165) is 15.6 Å². The van der Waals surface area contributed by atoms with Gasteiger partial charge >= 0.3 is 0 Å². The molecule has 0 N–H and O–H groups in total. The lowest BCUT2D eigenvalue weighted by atomic mass is 10.0. The molecule has 2 rings (SSSR count). The van der Waals surface area contributed by atoms with Crippen LogP contribution in [0.4, 0.5) is 0 Å². The van der Waals surface area contributed by atoms with Crippen LogP contribution in [0.2, 0.25) is 10.0 Å². The molecule has 0 radical (unpaired) electrons. The Hall–Kier alpha value is -0.220. The van der Waals surface area contributed by atoms with Crippen LogP contribution in [0, 0.1) is 0 Å². The Morgan fingerprint density at radius 2 is 1.79 bits per heavy atom. The zero-order valence-corrected chi connectivity index (χ0v) is 14.6. The highest BCUT2D eigenvalue weighted by molar-refractivity contribution is 9.10. The molecule has 1 nitrogen and oxygen atoms in total. The fraction of sp³-hybridized carbons (Fsp3) is 0.143. The zero-order chi connectivity index (χ0) is 14.0. The largest absolute Gasteiger partial charge is 0.495 e. The summed E-state index contributed by atoms with van der Waals surface area (Å²) >= 11 is 19.5. The molecule has 1 atom stereocenters. The Labute approximate surface area is 139 Å². The van der Waals surface area contributed by atoms with E-state index in [4.69, 9.17) is 27.9 Å². The fourth-order valence-electron chi connectivity index (χ4n) is 1.73. The first-order valence-electron chi connectivity index (χ1n) is 5.45. The van der Waals surface area contributed by atoms with Gasteiger partial charge in [0, 0.05) is 9.50 Å². The second-order valence-electron chi connectivity index (χ2n) is 3.92. The second-order valence-corrected chi connectivity index (χ2v) is 6.57. The molecule has 2 aromatic carbocycles. The number of rotatable bonds is 3. The van der Waals surface area contributed by atoms with Crippen LogP contribution in [0.1, 0.15) is 16.0 Å². The lowest BCUT2D eigenvalue weighted by molar-refractivity contribution is 0.415. The van der Waals surface area contributed by atoms with Gasteiger partial charge in [0.15, 0.2) is 0 Å². The maximum absolute atomic E-state index is 6.23. The van der Waals surface area contributed by atoms with Crippen LogP contribution >= 0.6 is 55.1 Å². The first-order chi connectivity index (χ1) is 9.02. The monoisotopic (exact) mass is 422 g/mol. The number of hydrogen-bond acceptors (Lipinski definition) is 1. The molecule has 0 heterocycles. The molecule has 2 aromatic rings. The zero-order valence-electron chi connectivity index (χ0n) is 9.96. The van der Waals surface area contributed by atoms with Crippen LogP contribution in [0.5, 0.6) is 5.75 Å². The summed E-state index contributed by atoms with van der Waals surface area (Å²) in [7, 11) is 1.59. The smallest absolute Gasteiger partial charge is 0.137 e. The summed E-state index contributed by atoms with van der Waals surface area (Å²) in [4.78, 5) is -0.0269. The van der Waals surface area contributed by atoms with Crippen molar-refractivity contribution in [3.63, 3.8) is 0 Å². The van der Waals surface area contributed by atoms with Crippen molar-refractivity contribution in [2.45, 2.75) is 4.83 Å². The van der Waals surface area contributed by atoms with E-state index >= 15 is 0 Å². The van der Waals surface area contributed by atoms with Crippen LogP contribution in [-0.4, -0.2) is 7.11 Å². The van der Waals surface area contributed by atoms with Gasteiger partial charge in [-0.2, -0.15) is 0 Å². The van der Waals surface area contributed by atoms with Gasteiger partial charge in [0.05, 0.1) is 17.0 Å².